The molecule has 1 fully saturated rings. The predicted octanol–water partition coefficient (Wildman–Crippen LogP) is 2.24. The second kappa shape index (κ2) is 6.66. The molecular weight excluding hydrogens is 244 g/mol. The van der Waals surface area contributed by atoms with Gasteiger partial charge in [-0.3, -0.25) is 0 Å². The summed E-state index contributed by atoms with van der Waals surface area (Å²) in [5.74, 6) is 0. The summed E-state index contributed by atoms with van der Waals surface area (Å²) in [4.78, 5) is 3.69. The maximum atomic E-state index is 9.51. The fraction of sp³-hybridized carbons (Fsp3) is 0.714. The third kappa shape index (κ3) is 3.79. The molecule has 0 aliphatic heterocycles. The van der Waals surface area contributed by atoms with Gasteiger partial charge in [-0.05, 0) is 51.2 Å². The number of thiophene rings is 1. The van der Waals surface area contributed by atoms with Gasteiger partial charge in [-0.2, -0.15) is 0 Å². The van der Waals surface area contributed by atoms with Gasteiger partial charge in [-0.15, -0.1) is 11.3 Å². The van der Waals surface area contributed by atoms with Gasteiger partial charge in [0.2, 0.25) is 0 Å². The minimum Gasteiger partial charge on any atom is -0.393 e. The van der Waals surface area contributed by atoms with Crippen LogP contribution in [-0.4, -0.2) is 42.8 Å². The molecule has 1 heterocycles. The molecule has 1 saturated carbocycles. The maximum Gasteiger partial charge on any atom is 0.0561 e. The molecular formula is C14H24N2OS. The maximum absolute atomic E-state index is 9.51. The lowest BCUT2D eigenvalue weighted by atomic mass is 9.93. The molecule has 1 atom stereocenters. The molecule has 1 unspecified atom stereocenters. The summed E-state index contributed by atoms with van der Waals surface area (Å²) in [7, 11) is 4.27. The highest BCUT2D eigenvalue weighted by Gasteiger charge is 2.21. The van der Waals surface area contributed by atoms with Crippen molar-refractivity contribution in [3.05, 3.63) is 22.4 Å². The first kappa shape index (κ1) is 14.0. The molecule has 2 N–H and O–H groups in total. The first-order valence-electron chi connectivity index (χ1n) is 6.78. The van der Waals surface area contributed by atoms with E-state index in [0.717, 1.165) is 32.2 Å². The van der Waals surface area contributed by atoms with E-state index in [9.17, 15) is 5.11 Å². The number of aliphatic hydroxyl groups excluding tert-OH is 1. The van der Waals surface area contributed by atoms with E-state index in [4.69, 9.17) is 0 Å². The third-order valence-electron chi connectivity index (χ3n) is 3.79. The van der Waals surface area contributed by atoms with Crippen LogP contribution in [-0.2, 0) is 0 Å². The molecule has 18 heavy (non-hydrogen) atoms. The summed E-state index contributed by atoms with van der Waals surface area (Å²) < 4.78 is 0. The molecule has 0 saturated heterocycles. The number of aliphatic hydroxyl groups is 1. The number of nitrogens with one attached hydrogen (secondary N) is 1. The Morgan fingerprint density at radius 2 is 2.11 bits per heavy atom. The molecule has 1 aliphatic rings. The molecule has 0 bridgehead atoms. The second-order valence-corrected chi connectivity index (χ2v) is 6.39. The number of hydrogen-bond acceptors (Lipinski definition) is 4. The zero-order chi connectivity index (χ0) is 13.0. The summed E-state index contributed by atoms with van der Waals surface area (Å²) in [6.45, 7) is 0.994. The van der Waals surface area contributed by atoms with E-state index in [2.05, 4.69) is 41.8 Å². The minimum atomic E-state index is -0.0648. The van der Waals surface area contributed by atoms with Gasteiger partial charge < -0.3 is 15.3 Å². The Kier molecular flexibility index (Phi) is 5.18. The van der Waals surface area contributed by atoms with Crippen molar-refractivity contribution in [2.75, 3.05) is 20.6 Å². The highest BCUT2D eigenvalue weighted by molar-refractivity contribution is 7.10. The van der Waals surface area contributed by atoms with Crippen molar-refractivity contribution in [2.45, 2.75) is 43.9 Å². The minimum absolute atomic E-state index is 0.0648. The van der Waals surface area contributed by atoms with E-state index in [1.54, 1.807) is 0 Å². The Morgan fingerprint density at radius 1 is 1.39 bits per heavy atom. The predicted molar refractivity (Wildman–Crippen MR) is 77.0 cm³/mol. The molecule has 0 spiro atoms. The molecule has 1 aromatic rings. The van der Waals surface area contributed by atoms with Gasteiger partial charge >= 0.3 is 0 Å². The van der Waals surface area contributed by atoms with Gasteiger partial charge in [0.05, 0.1) is 12.1 Å². The average Bonchev–Trinajstić information content (AvgIpc) is 2.85. The average molecular weight is 268 g/mol. The number of nitrogens with zero attached hydrogens (tertiary/aromatic N) is 1. The summed E-state index contributed by atoms with van der Waals surface area (Å²) in [5, 5.41) is 15.3. The van der Waals surface area contributed by atoms with E-state index in [0.29, 0.717) is 12.1 Å². The van der Waals surface area contributed by atoms with Crippen molar-refractivity contribution >= 4 is 11.3 Å². The molecule has 1 aromatic heterocycles. The van der Waals surface area contributed by atoms with Gasteiger partial charge in [0, 0.05) is 17.5 Å². The molecule has 0 radical (unpaired) electrons. The lowest BCUT2D eigenvalue weighted by Crippen LogP contribution is -2.39. The Balaban J connectivity index is 1.83. The van der Waals surface area contributed by atoms with Gasteiger partial charge in [-0.25, -0.2) is 0 Å². The van der Waals surface area contributed by atoms with Crippen LogP contribution in [0.1, 0.15) is 36.6 Å². The first-order valence-corrected chi connectivity index (χ1v) is 7.66. The molecule has 2 rings (SSSR count). The molecule has 4 heteroatoms. The third-order valence-corrected chi connectivity index (χ3v) is 4.77. The van der Waals surface area contributed by atoms with E-state index in [1.807, 2.05) is 11.3 Å². The van der Waals surface area contributed by atoms with E-state index in [-0.39, 0.29) is 6.10 Å². The van der Waals surface area contributed by atoms with Crippen molar-refractivity contribution in [1.29, 1.82) is 0 Å². The molecule has 1 aliphatic carbocycles. The highest BCUT2D eigenvalue weighted by Crippen LogP contribution is 2.24. The zero-order valence-corrected chi connectivity index (χ0v) is 12.1. The summed E-state index contributed by atoms with van der Waals surface area (Å²) in [6.07, 6.45) is 4.04. The van der Waals surface area contributed by atoms with Crippen LogP contribution >= 0.6 is 11.3 Å². The second-order valence-electron chi connectivity index (χ2n) is 5.41. The zero-order valence-electron chi connectivity index (χ0n) is 11.3. The Bertz CT molecular complexity index is 332. The van der Waals surface area contributed by atoms with E-state index < -0.39 is 0 Å². The van der Waals surface area contributed by atoms with Crippen LogP contribution in [0, 0.1) is 0 Å². The van der Waals surface area contributed by atoms with Crippen molar-refractivity contribution in [2.24, 2.45) is 0 Å². The van der Waals surface area contributed by atoms with Crippen molar-refractivity contribution in [1.82, 2.24) is 10.2 Å². The van der Waals surface area contributed by atoms with Crippen LogP contribution in [0.5, 0.6) is 0 Å². The fourth-order valence-electron chi connectivity index (χ4n) is 2.58. The van der Waals surface area contributed by atoms with Gasteiger partial charge in [0.25, 0.3) is 0 Å². The van der Waals surface area contributed by atoms with Gasteiger partial charge in [-0.1, -0.05) is 6.07 Å². The number of hydrogen-bond donors (Lipinski definition) is 2. The first-order chi connectivity index (χ1) is 8.66. The van der Waals surface area contributed by atoms with E-state index >= 15 is 0 Å². The molecule has 102 valence electrons. The van der Waals surface area contributed by atoms with Crippen molar-refractivity contribution in [3.63, 3.8) is 0 Å². The summed E-state index contributed by atoms with van der Waals surface area (Å²) in [5.41, 5.74) is 0. The lowest BCUT2D eigenvalue weighted by Gasteiger charge is -2.30. The van der Waals surface area contributed by atoms with E-state index in [1.165, 1.54) is 4.88 Å². The molecule has 3 nitrogen and oxygen atoms in total. The van der Waals surface area contributed by atoms with Crippen LogP contribution in [0.25, 0.3) is 0 Å². The molecule has 0 aromatic carbocycles. The van der Waals surface area contributed by atoms with Crippen LogP contribution in [0.3, 0.4) is 0 Å². The Hall–Kier alpha value is -0.420. The van der Waals surface area contributed by atoms with Crippen LogP contribution in [0.2, 0.25) is 0 Å². The highest BCUT2D eigenvalue weighted by atomic mass is 32.1. The Morgan fingerprint density at radius 3 is 2.67 bits per heavy atom. The number of likely N-dealkylation sites (N-methyl/N-ethyl adjacent to an activating group) is 1. The van der Waals surface area contributed by atoms with Crippen molar-refractivity contribution < 1.29 is 5.11 Å². The Labute approximate surface area is 114 Å². The topological polar surface area (TPSA) is 35.5 Å². The van der Waals surface area contributed by atoms with Crippen molar-refractivity contribution in [3.8, 4) is 0 Å². The standard InChI is InChI=1S/C14H24N2OS/c1-16(2)13(14-4-3-9-18-14)10-15-11-5-7-12(17)8-6-11/h3-4,9,11-13,15,17H,5-8,10H2,1-2H3. The van der Waals surface area contributed by atoms with Gasteiger partial charge in [0.15, 0.2) is 0 Å². The van der Waals surface area contributed by atoms with Gasteiger partial charge in [0.1, 0.15) is 0 Å². The smallest absolute Gasteiger partial charge is 0.0561 e. The summed E-state index contributed by atoms with van der Waals surface area (Å²) >= 11 is 1.82. The van der Waals surface area contributed by atoms with Crippen LogP contribution in [0.15, 0.2) is 17.5 Å². The molecule has 0 amide bonds. The fourth-order valence-corrected chi connectivity index (χ4v) is 3.50. The van der Waals surface area contributed by atoms with Crippen LogP contribution < -0.4 is 5.32 Å². The largest absolute Gasteiger partial charge is 0.393 e. The van der Waals surface area contributed by atoms with Crippen LogP contribution in [0.4, 0.5) is 0 Å². The SMILES string of the molecule is CN(C)C(CNC1CCC(O)CC1)c1cccs1. The quantitative estimate of drug-likeness (QED) is 0.860. The lowest BCUT2D eigenvalue weighted by molar-refractivity contribution is 0.115. The monoisotopic (exact) mass is 268 g/mol. The normalized spacial score (nSPS) is 26.4. The summed E-state index contributed by atoms with van der Waals surface area (Å²) in [6, 6.07) is 5.36. The number of rotatable bonds is 5.